The molecule has 0 radical (unpaired) electrons. The van der Waals surface area contributed by atoms with Crippen molar-refractivity contribution in [2.75, 3.05) is 5.32 Å². The van der Waals surface area contributed by atoms with Crippen molar-refractivity contribution in [3.8, 4) is 0 Å². The van der Waals surface area contributed by atoms with Crippen LogP contribution in [0.25, 0.3) is 0 Å². The Morgan fingerprint density at radius 1 is 1.24 bits per heavy atom. The van der Waals surface area contributed by atoms with Crippen LogP contribution >= 0.6 is 11.3 Å². The Kier molecular flexibility index (Phi) is 3.14. The van der Waals surface area contributed by atoms with Crippen molar-refractivity contribution in [1.82, 2.24) is 4.98 Å². The van der Waals surface area contributed by atoms with Gasteiger partial charge in [0.25, 0.3) is 0 Å². The van der Waals surface area contributed by atoms with E-state index in [2.05, 4.69) is 15.7 Å². The highest BCUT2D eigenvalue weighted by molar-refractivity contribution is 7.13. The topological polar surface area (TPSA) is 42.0 Å². The average Bonchev–Trinajstić information content (AvgIpc) is 3.12. The van der Waals surface area contributed by atoms with E-state index in [1.165, 1.54) is 37.8 Å². The zero-order valence-corrected chi connectivity index (χ0v) is 10.8. The molecule has 1 aromatic rings. The molecule has 3 nitrogen and oxygen atoms in total. The summed E-state index contributed by atoms with van der Waals surface area (Å²) >= 11 is 1.57. The van der Waals surface area contributed by atoms with Crippen LogP contribution in [0.15, 0.2) is 5.38 Å². The first-order valence-corrected chi connectivity index (χ1v) is 7.47. The smallest absolute Gasteiger partial charge is 0.229 e. The molecule has 1 heterocycles. The molecule has 2 fully saturated rings. The fourth-order valence-corrected chi connectivity index (χ4v) is 3.28. The van der Waals surface area contributed by atoms with Crippen molar-refractivity contribution < 1.29 is 4.79 Å². The number of hydrogen-bond acceptors (Lipinski definition) is 3. The summed E-state index contributed by atoms with van der Waals surface area (Å²) in [6.07, 6.45) is 8.30. The Balaban J connectivity index is 1.58. The lowest BCUT2D eigenvalue weighted by atomic mass is 9.89. The molecule has 0 spiro atoms. The Morgan fingerprint density at radius 2 is 2.00 bits per heavy atom. The second-order valence-corrected chi connectivity index (χ2v) is 6.03. The Hall–Kier alpha value is -0.900. The standard InChI is InChI=1S/C13H18N2OS/c16-12(10-4-2-1-3-5-10)15-13-14-11(8-17-13)9-6-7-9/h8-10H,1-7H2,(H,14,15,16). The predicted molar refractivity (Wildman–Crippen MR) is 69.3 cm³/mol. The summed E-state index contributed by atoms with van der Waals surface area (Å²) in [6, 6.07) is 0. The van der Waals surface area contributed by atoms with E-state index < -0.39 is 0 Å². The predicted octanol–water partition coefficient (Wildman–Crippen LogP) is 3.54. The molecule has 2 aliphatic carbocycles. The van der Waals surface area contributed by atoms with E-state index in [4.69, 9.17) is 0 Å². The van der Waals surface area contributed by atoms with E-state index in [1.807, 2.05) is 0 Å². The molecule has 4 heteroatoms. The van der Waals surface area contributed by atoms with Crippen LogP contribution < -0.4 is 5.32 Å². The number of rotatable bonds is 3. The van der Waals surface area contributed by atoms with Crippen molar-refractivity contribution >= 4 is 22.4 Å². The van der Waals surface area contributed by atoms with Gasteiger partial charge in [0.05, 0.1) is 5.69 Å². The maximum Gasteiger partial charge on any atom is 0.229 e. The van der Waals surface area contributed by atoms with Gasteiger partial charge in [-0.1, -0.05) is 19.3 Å². The fourth-order valence-electron chi connectivity index (χ4n) is 2.48. The number of thiazole rings is 1. The molecule has 2 saturated carbocycles. The lowest BCUT2D eigenvalue weighted by Gasteiger charge is -2.19. The molecule has 0 unspecified atom stereocenters. The molecule has 17 heavy (non-hydrogen) atoms. The number of hydrogen-bond donors (Lipinski definition) is 1. The third-order valence-corrected chi connectivity index (χ3v) is 4.50. The van der Waals surface area contributed by atoms with Crippen molar-refractivity contribution in [2.24, 2.45) is 5.92 Å². The van der Waals surface area contributed by atoms with Gasteiger partial charge in [-0.25, -0.2) is 4.98 Å². The third kappa shape index (κ3) is 2.68. The molecule has 1 aromatic heterocycles. The van der Waals surface area contributed by atoms with Gasteiger partial charge in [0.1, 0.15) is 0 Å². The van der Waals surface area contributed by atoms with Gasteiger partial charge in [0, 0.05) is 17.2 Å². The number of amides is 1. The zero-order chi connectivity index (χ0) is 11.7. The largest absolute Gasteiger partial charge is 0.302 e. The number of anilines is 1. The highest BCUT2D eigenvalue weighted by Crippen LogP contribution is 2.41. The van der Waals surface area contributed by atoms with Crippen LogP contribution in [0.4, 0.5) is 5.13 Å². The minimum absolute atomic E-state index is 0.182. The lowest BCUT2D eigenvalue weighted by molar-refractivity contribution is -0.120. The van der Waals surface area contributed by atoms with E-state index in [0.717, 1.165) is 18.0 Å². The number of carbonyl (C=O) groups excluding carboxylic acids is 1. The summed E-state index contributed by atoms with van der Waals surface area (Å²) in [7, 11) is 0. The maximum absolute atomic E-state index is 12.0. The van der Waals surface area contributed by atoms with Crippen LogP contribution in [0.1, 0.15) is 56.6 Å². The van der Waals surface area contributed by atoms with Gasteiger partial charge in [0.2, 0.25) is 5.91 Å². The first kappa shape index (κ1) is 11.2. The van der Waals surface area contributed by atoms with Gasteiger partial charge in [-0.05, 0) is 25.7 Å². The minimum atomic E-state index is 0.182. The molecule has 92 valence electrons. The van der Waals surface area contributed by atoms with Crippen LogP contribution in [-0.2, 0) is 4.79 Å². The van der Waals surface area contributed by atoms with Gasteiger partial charge < -0.3 is 5.32 Å². The normalized spacial score (nSPS) is 21.4. The number of nitrogens with zero attached hydrogens (tertiary/aromatic N) is 1. The molecule has 0 saturated heterocycles. The molecule has 0 aromatic carbocycles. The van der Waals surface area contributed by atoms with E-state index in [0.29, 0.717) is 5.92 Å². The van der Waals surface area contributed by atoms with E-state index >= 15 is 0 Å². The average molecular weight is 250 g/mol. The summed E-state index contributed by atoms with van der Waals surface area (Å²) in [4.78, 5) is 16.5. The molecule has 2 aliphatic rings. The second kappa shape index (κ2) is 4.77. The van der Waals surface area contributed by atoms with Crippen molar-refractivity contribution in [1.29, 1.82) is 0 Å². The van der Waals surface area contributed by atoms with E-state index in [-0.39, 0.29) is 11.8 Å². The second-order valence-electron chi connectivity index (χ2n) is 5.18. The maximum atomic E-state index is 12.0. The molecule has 1 amide bonds. The quantitative estimate of drug-likeness (QED) is 0.891. The summed E-state index contributed by atoms with van der Waals surface area (Å²) < 4.78 is 0. The highest BCUT2D eigenvalue weighted by Gasteiger charge is 2.27. The van der Waals surface area contributed by atoms with Crippen LogP contribution in [0.3, 0.4) is 0 Å². The molecular weight excluding hydrogens is 232 g/mol. The third-order valence-electron chi connectivity index (χ3n) is 3.72. The Bertz CT molecular complexity index is 405. The van der Waals surface area contributed by atoms with E-state index in [1.54, 1.807) is 11.3 Å². The van der Waals surface area contributed by atoms with Gasteiger partial charge >= 0.3 is 0 Å². The molecule has 0 bridgehead atoms. The van der Waals surface area contributed by atoms with Crippen LogP contribution in [-0.4, -0.2) is 10.9 Å². The minimum Gasteiger partial charge on any atom is -0.302 e. The molecular formula is C13H18N2OS. The van der Waals surface area contributed by atoms with Gasteiger partial charge in [-0.15, -0.1) is 11.3 Å². The number of aromatic nitrogens is 1. The molecule has 0 aliphatic heterocycles. The Morgan fingerprint density at radius 3 is 2.71 bits per heavy atom. The number of nitrogens with one attached hydrogen (secondary N) is 1. The van der Waals surface area contributed by atoms with Crippen LogP contribution in [0.5, 0.6) is 0 Å². The molecule has 0 atom stereocenters. The lowest BCUT2D eigenvalue weighted by Crippen LogP contribution is -2.24. The summed E-state index contributed by atoms with van der Waals surface area (Å²) in [5, 5.41) is 5.87. The van der Waals surface area contributed by atoms with Crippen molar-refractivity contribution in [2.45, 2.75) is 50.9 Å². The summed E-state index contributed by atoms with van der Waals surface area (Å²) in [5.41, 5.74) is 1.17. The molecule has 3 rings (SSSR count). The fraction of sp³-hybridized carbons (Fsp3) is 0.692. The van der Waals surface area contributed by atoms with Gasteiger partial charge in [-0.2, -0.15) is 0 Å². The first-order valence-electron chi connectivity index (χ1n) is 6.59. The number of carbonyl (C=O) groups is 1. The summed E-state index contributed by atoms with van der Waals surface area (Å²) in [6.45, 7) is 0. The van der Waals surface area contributed by atoms with Crippen LogP contribution in [0.2, 0.25) is 0 Å². The van der Waals surface area contributed by atoms with Crippen molar-refractivity contribution in [3.05, 3.63) is 11.1 Å². The van der Waals surface area contributed by atoms with Gasteiger partial charge in [-0.3, -0.25) is 4.79 Å². The van der Waals surface area contributed by atoms with Crippen molar-refractivity contribution in [3.63, 3.8) is 0 Å². The van der Waals surface area contributed by atoms with Crippen LogP contribution in [0, 0.1) is 5.92 Å². The van der Waals surface area contributed by atoms with E-state index in [9.17, 15) is 4.79 Å². The summed E-state index contributed by atoms with van der Waals surface area (Å²) in [5.74, 6) is 1.07. The zero-order valence-electron chi connectivity index (χ0n) is 9.95. The first-order chi connectivity index (χ1) is 8.33. The molecule has 1 N–H and O–H groups in total. The SMILES string of the molecule is O=C(Nc1nc(C2CC2)cs1)C1CCCCC1. The highest BCUT2D eigenvalue weighted by atomic mass is 32.1. The Labute approximate surface area is 106 Å². The van der Waals surface area contributed by atoms with Gasteiger partial charge in [0.15, 0.2) is 5.13 Å². The monoisotopic (exact) mass is 250 g/mol.